The summed E-state index contributed by atoms with van der Waals surface area (Å²) < 4.78 is 5.55. The fraction of sp³-hybridized carbons (Fsp3) is 0.632. The molecule has 6 nitrogen and oxygen atoms in total. The van der Waals surface area contributed by atoms with Crippen LogP contribution in [0.4, 0.5) is 0 Å². The molecule has 3 heterocycles. The average Bonchev–Trinajstić information content (AvgIpc) is 3.30. The van der Waals surface area contributed by atoms with Gasteiger partial charge in [-0.15, -0.1) is 0 Å². The van der Waals surface area contributed by atoms with Crippen LogP contribution in [0.2, 0.25) is 0 Å². The summed E-state index contributed by atoms with van der Waals surface area (Å²) in [5.74, 6) is 2.31. The Balaban J connectivity index is 1.45. The lowest BCUT2D eigenvalue weighted by atomic mass is 9.89. The van der Waals surface area contributed by atoms with E-state index in [1.165, 1.54) is 32.1 Å². The van der Waals surface area contributed by atoms with Crippen molar-refractivity contribution in [2.45, 2.75) is 38.0 Å². The van der Waals surface area contributed by atoms with E-state index in [9.17, 15) is 5.11 Å². The van der Waals surface area contributed by atoms with Gasteiger partial charge in [0.2, 0.25) is 11.7 Å². The van der Waals surface area contributed by atoms with Gasteiger partial charge >= 0.3 is 0 Å². The Bertz CT molecular complexity index is 669. The standard InChI is InChI=1S/C19H26N4O2/c24-13-16-11-23(10-14-5-2-1-3-6-14)12-17(16)19-21-18(22-25-19)15-7-4-8-20-9-15/h4,7-9,14,16-17,24H,1-3,5-6,10-13H2/t16-,17+/m0/s1. The van der Waals surface area contributed by atoms with Gasteiger partial charge in [-0.3, -0.25) is 4.98 Å². The third-order valence-corrected chi connectivity index (χ3v) is 5.67. The van der Waals surface area contributed by atoms with Crippen LogP contribution < -0.4 is 0 Å². The summed E-state index contributed by atoms with van der Waals surface area (Å²) >= 11 is 0. The highest BCUT2D eigenvalue weighted by Crippen LogP contribution is 2.34. The van der Waals surface area contributed by atoms with Crippen molar-refractivity contribution in [3.63, 3.8) is 0 Å². The smallest absolute Gasteiger partial charge is 0.231 e. The van der Waals surface area contributed by atoms with Crippen LogP contribution in [0.1, 0.15) is 43.9 Å². The molecule has 0 bridgehead atoms. The number of rotatable bonds is 5. The minimum Gasteiger partial charge on any atom is -0.396 e. The Morgan fingerprint density at radius 3 is 2.84 bits per heavy atom. The lowest BCUT2D eigenvalue weighted by molar-refractivity contribution is 0.195. The third kappa shape index (κ3) is 3.75. The van der Waals surface area contributed by atoms with Crippen molar-refractivity contribution in [2.24, 2.45) is 11.8 Å². The van der Waals surface area contributed by atoms with Gasteiger partial charge in [0, 0.05) is 50.1 Å². The number of aromatic nitrogens is 3. The molecule has 6 heteroatoms. The first kappa shape index (κ1) is 16.7. The number of hydrogen-bond acceptors (Lipinski definition) is 6. The number of aliphatic hydroxyl groups is 1. The van der Waals surface area contributed by atoms with Gasteiger partial charge in [-0.2, -0.15) is 4.98 Å². The van der Waals surface area contributed by atoms with Crippen LogP contribution in [-0.4, -0.2) is 51.4 Å². The van der Waals surface area contributed by atoms with E-state index in [1.54, 1.807) is 12.4 Å². The molecule has 0 spiro atoms. The second kappa shape index (κ2) is 7.62. The van der Waals surface area contributed by atoms with Crippen LogP contribution in [-0.2, 0) is 0 Å². The Morgan fingerprint density at radius 2 is 2.08 bits per heavy atom. The molecule has 0 radical (unpaired) electrons. The maximum absolute atomic E-state index is 9.82. The van der Waals surface area contributed by atoms with Crippen LogP contribution in [0.3, 0.4) is 0 Å². The zero-order chi connectivity index (χ0) is 17.1. The summed E-state index contributed by atoms with van der Waals surface area (Å²) in [7, 11) is 0. The summed E-state index contributed by atoms with van der Waals surface area (Å²) in [4.78, 5) is 11.2. The SMILES string of the molecule is OC[C@@H]1CN(CC2CCCCC2)C[C@H]1c1nc(-c2cccnc2)no1. The van der Waals surface area contributed by atoms with Gasteiger partial charge in [0.25, 0.3) is 0 Å². The number of hydrogen-bond donors (Lipinski definition) is 1. The molecule has 2 atom stereocenters. The molecular formula is C19H26N4O2. The zero-order valence-corrected chi connectivity index (χ0v) is 14.5. The minimum atomic E-state index is 0.117. The van der Waals surface area contributed by atoms with E-state index >= 15 is 0 Å². The molecule has 1 aliphatic carbocycles. The number of nitrogens with zero attached hydrogens (tertiary/aromatic N) is 4. The molecule has 1 saturated heterocycles. The molecule has 2 aromatic heterocycles. The first-order valence-electron chi connectivity index (χ1n) is 9.40. The molecule has 4 rings (SSSR count). The first-order chi connectivity index (χ1) is 12.3. The Labute approximate surface area is 148 Å². The first-order valence-corrected chi connectivity index (χ1v) is 9.40. The van der Waals surface area contributed by atoms with Crippen LogP contribution in [0.25, 0.3) is 11.4 Å². The molecule has 1 saturated carbocycles. The molecule has 2 aromatic rings. The highest BCUT2D eigenvalue weighted by molar-refractivity contribution is 5.51. The average molecular weight is 342 g/mol. The highest BCUT2D eigenvalue weighted by atomic mass is 16.5. The van der Waals surface area contributed by atoms with Crippen LogP contribution in [0.5, 0.6) is 0 Å². The van der Waals surface area contributed by atoms with Gasteiger partial charge in [0.1, 0.15) is 0 Å². The quantitative estimate of drug-likeness (QED) is 0.900. The normalized spacial score (nSPS) is 25.5. The molecule has 134 valence electrons. The van der Waals surface area contributed by atoms with Gasteiger partial charge < -0.3 is 14.5 Å². The summed E-state index contributed by atoms with van der Waals surface area (Å²) in [6, 6.07) is 3.79. The zero-order valence-electron chi connectivity index (χ0n) is 14.5. The summed E-state index contributed by atoms with van der Waals surface area (Å²) in [6.45, 7) is 3.12. The molecular weight excluding hydrogens is 316 g/mol. The molecule has 0 amide bonds. The summed E-state index contributed by atoms with van der Waals surface area (Å²) in [6.07, 6.45) is 10.3. The van der Waals surface area contributed by atoms with Gasteiger partial charge in [-0.1, -0.05) is 24.4 Å². The molecule has 2 fully saturated rings. The van der Waals surface area contributed by atoms with Crippen LogP contribution >= 0.6 is 0 Å². The van der Waals surface area contributed by atoms with Crippen molar-refractivity contribution in [2.75, 3.05) is 26.2 Å². The van der Waals surface area contributed by atoms with E-state index in [1.807, 2.05) is 12.1 Å². The molecule has 2 aliphatic rings. The number of aliphatic hydroxyl groups excluding tert-OH is 1. The fourth-order valence-electron chi connectivity index (χ4n) is 4.31. The molecule has 0 aromatic carbocycles. The van der Waals surface area contributed by atoms with Gasteiger partial charge in [0.15, 0.2) is 0 Å². The van der Waals surface area contributed by atoms with Crippen molar-refractivity contribution in [1.82, 2.24) is 20.0 Å². The van der Waals surface area contributed by atoms with Crippen LogP contribution in [0.15, 0.2) is 29.0 Å². The van der Waals surface area contributed by atoms with E-state index < -0.39 is 0 Å². The Morgan fingerprint density at radius 1 is 1.20 bits per heavy atom. The Kier molecular flexibility index (Phi) is 5.08. The number of likely N-dealkylation sites (tertiary alicyclic amines) is 1. The van der Waals surface area contributed by atoms with Crippen molar-refractivity contribution in [1.29, 1.82) is 0 Å². The summed E-state index contributed by atoms with van der Waals surface area (Å²) in [5, 5.41) is 13.9. The maximum Gasteiger partial charge on any atom is 0.231 e. The predicted octanol–water partition coefficient (Wildman–Crippen LogP) is 2.72. The molecule has 25 heavy (non-hydrogen) atoms. The van der Waals surface area contributed by atoms with E-state index in [0.717, 1.165) is 31.1 Å². The molecule has 1 aliphatic heterocycles. The van der Waals surface area contributed by atoms with Gasteiger partial charge in [-0.25, -0.2) is 0 Å². The van der Waals surface area contributed by atoms with Gasteiger partial charge in [-0.05, 0) is 30.9 Å². The predicted molar refractivity (Wildman–Crippen MR) is 93.9 cm³/mol. The largest absolute Gasteiger partial charge is 0.396 e. The summed E-state index contributed by atoms with van der Waals surface area (Å²) in [5.41, 5.74) is 0.857. The van der Waals surface area contributed by atoms with Crippen molar-refractivity contribution in [3.8, 4) is 11.4 Å². The van der Waals surface area contributed by atoms with E-state index in [-0.39, 0.29) is 18.4 Å². The second-order valence-electron chi connectivity index (χ2n) is 7.47. The highest BCUT2D eigenvalue weighted by Gasteiger charge is 2.37. The monoisotopic (exact) mass is 342 g/mol. The maximum atomic E-state index is 9.82. The van der Waals surface area contributed by atoms with E-state index in [4.69, 9.17) is 4.52 Å². The van der Waals surface area contributed by atoms with Crippen molar-refractivity contribution in [3.05, 3.63) is 30.4 Å². The lowest BCUT2D eigenvalue weighted by Crippen LogP contribution is -2.29. The van der Waals surface area contributed by atoms with Crippen LogP contribution in [0, 0.1) is 11.8 Å². The lowest BCUT2D eigenvalue weighted by Gasteiger charge is -2.26. The van der Waals surface area contributed by atoms with E-state index in [2.05, 4.69) is 20.0 Å². The number of pyridine rings is 1. The molecule has 1 N–H and O–H groups in total. The van der Waals surface area contributed by atoms with Crippen molar-refractivity contribution < 1.29 is 9.63 Å². The topological polar surface area (TPSA) is 75.3 Å². The minimum absolute atomic E-state index is 0.117. The van der Waals surface area contributed by atoms with E-state index in [0.29, 0.717) is 11.7 Å². The van der Waals surface area contributed by atoms with Crippen molar-refractivity contribution >= 4 is 0 Å². The van der Waals surface area contributed by atoms with Gasteiger partial charge in [0.05, 0.1) is 5.92 Å². The fourth-order valence-corrected chi connectivity index (χ4v) is 4.31. The third-order valence-electron chi connectivity index (χ3n) is 5.67. The Hall–Kier alpha value is -1.79. The molecule has 0 unspecified atom stereocenters. The second-order valence-corrected chi connectivity index (χ2v) is 7.47.